The van der Waals surface area contributed by atoms with Gasteiger partial charge in [-0.2, -0.15) is 5.26 Å². The SMILES string of the molecule is CCOC(=O)C(C#N)c1ccc(S(N)(=O)=O)cc1F. The van der Waals surface area contributed by atoms with Gasteiger partial charge >= 0.3 is 5.97 Å². The van der Waals surface area contributed by atoms with Crippen LogP contribution in [0.5, 0.6) is 0 Å². The van der Waals surface area contributed by atoms with Crippen LogP contribution in [0.1, 0.15) is 18.4 Å². The van der Waals surface area contributed by atoms with Crippen molar-refractivity contribution in [1.29, 1.82) is 5.26 Å². The highest BCUT2D eigenvalue weighted by atomic mass is 32.2. The number of nitrogens with zero attached hydrogens (tertiary/aromatic N) is 1. The van der Waals surface area contributed by atoms with E-state index in [0.717, 1.165) is 12.1 Å². The molecular weight excluding hydrogens is 275 g/mol. The molecule has 0 fully saturated rings. The van der Waals surface area contributed by atoms with Crippen LogP contribution < -0.4 is 5.14 Å². The number of esters is 1. The van der Waals surface area contributed by atoms with Crippen LogP contribution >= 0.6 is 0 Å². The van der Waals surface area contributed by atoms with Crippen molar-refractivity contribution in [1.82, 2.24) is 0 Å². The van der Waals surface area contributed by atoms with Crippen molar-refractivity contribution in [3.63, 3.8) is 0 Å². The summed E-state index contributed by atoms with van der Waals surface area (Å²) < 4.78 is 40.4. The van der Waals surface area contributed by atoms with Gasteiger partial charge in [0.2, 0.25) is 10.0 Å². The zero-order valence-corrected chi connectivity index (χ0v) is 10.8. The van der Waals surface area contributed by atoms with Crippen molar-refractivity contribution in [2.24, 2.45) is 5.14 Å². The van der Waals surface area contributed by atoms with Gasteiger partial charge in [0.1, 0.15) is 5.82 Å². The van der Waals surface area contributed by atoms with Gasteiger partial charge in [-0.05, 0) is 19.1 Å². The monoisotopic (exact) mass is 286 g/mol. The molecule has 6 nitrogen and oxygen atoms in total. The van der Waals surface area contributed by atoms with Gasteiger partial charge in [0, 0.05) is 5.56 Å². The molecule has 0 heterocycles. The molecule has 0 amide bonds. The average molecular weight is 286 g/mol. The van der Waals surface area contributed by atoms with Gasteiger partial charge in [0.15, 0.2) is 5.92 Å². The Labute approximate surface area is 109 Å². The van der Waals surface area contributed by atoms with E-state index in [1.165, 1.54) is 0 Å². The lowest BCUT2D eigenvalue weighted by Crippen LogP contribution is -2.17. The number of carbonyl (C=O) groups is 1. The minimum atomic E-state index is -4.04. The quantitative estimate of drug-likeness (QED) is 0.817. The molecule has 102 valence electrons. The molecule has 1 aromatic rings. The predicted octanol–water partition coefficient (Wildman–Crippen LogP) is 0.643. The summed E-state index contributed by atoms with van der Waals surface area (Å²) in [6.45, 7) is 1.60. The maximum atomic E-state index is 13.7. The van der Waals surface area contributed by atoms with E-state index in [-0.39, 0.29) is 12.2 Å². The Kier molecular flexibility index (Phi) is 4.58. The number of carbonyl (C=O) groups excluding carboxylic acids is 1. The van der Waals surface area contributed by atoms with Crippen molar-refractivity contribution in [3.05, 3.63) is 29.6 Å². The highest BCUT2D eigenvalue weighted by Gasteiger charge is 2.25. The number of benzene rings is 1. The van der Waals surface area contributed by atoms with E-state index < -0.39 is 32.6 Å². The first-order valence-corrected chi connectivity index (χ1v) is 6.74. The zero-order chi connectivity index (χ0) is 14.6. The van der Waals surface area contributed by atoms with Gasteiger partial charge in [-0.25, -0.2) is 17.9 Å². The second kappa shape index (κ2) is 5.77. The Balaban J connectivity index is 3.22. The maximum Gasteiger partial charge on any atom is 0.328 e. The lowest BCUT2D eigenvalue weighted by molar-refractivity contribution is -0.143. The Hall–Kier alpha value is -1.98. The van der Waals surface area contributed by atoms with Crippen molar-refractivity contribution in [3.8, 4) is 6.07 Å². The van der Waals surface area contributed by atoms with Crippen molar-refractivity contribution >= 4 is 16.0 Å². The molecule has 0 aliphatic heterocycles. The van der Waals surface area contributed by atoms with E-state index in [2.05, 4.69) is 4.74 Å². The summed E-state index contributed by atoms with van der Waals surface area (Å²) in [5, 5.41) is 13.7. The van der Waals surface area contributed by atoms with Crippen LogP contribution in [0, 0.1) is 17.1 Å². The summed E-state index contributed by atoms with van der Waals surface area (Å²) in [7, 11) is -4.04. The number of sulfonamides is 1. The molecule has 0 bridgehead atoms. The first-order valence-electron chi connectivity index (χ1n) is 5.19. The first kappa shape index (κ1) is 15.1. The normalized spacial score (nSPS) is 12.5. The van der Waals surface area contributed by atoms with Crippen molar-refractivity contribution in [2.75, 3.05) is 6.61 Å². The van der Waals surface area contributed by atoms with Gasteiger partial charge < -0.3 is 4.74 Å². The van der Waals surface area contributed by atoms with Gasteiger partial charge in [-0.3, -0.25) is 4.79 Å². The Morgan fingerprint density at radius 3 is 2.63 bits per heavy atom. The standard InChI is InChI=1S/C11H11FN2O4S/c1-2-18-11(15)9(6-13)8-4-3-7(5-10(8)12)19(14,16)17/h3-5,9H,2H2,1H3,(H2,14,16,17). The summed E-state index contributed by atoms with van der Waals surface area (Å²) in [5.74, 6) is -3.35. The average Bonchev–Trinajstić information content (AvgIpc) is 2.31. The Morgan fingerprint density at radius 2 is 2.21 bits per heavy atom. The number of halogens is 1. The fraction of sp³-hybridized carbons (Fsp3) is 0.273. The van der Waals surface area contributed by atoms with Crippen molar-refractivity contribution < 1.29 is 22.3 Å². The highest BCUT2D eigenvalue weighted by molar-refractivity contribution is 7.89. The number of nitrogens with two attached hydrogens (primary N) is 1. The van der Waals surface area contributed by atoms with E-state index in [1.54, 1.807) is 13.0 Å². The zero-order valence-electron chi connectivity index (χ0n) is 9.96. The third kappa shape index (κ3) is 3.49. The third-order valence-electron chi connectivity index (χ3n) is 2.26. The van der Waals surface area contributed by atoms with Gasteiger partial charge in [0.25, 0.3) is 0 Å². The molecular formula is C11H11FN2O4S. The minimum Gasteiger partial charge on any atom is -0.465 e. The number of hydrogen-bond acceptors (Lipinski definition) is 5. The van der Waals surface area contributed by atoms with Crippen LogP contribution in [0.25, 0.3) is 0 Å². The smallest absolute Gasteiger partial charge is 0.328 e. The van der Waals surface area contributed by atoms with E-state index in [4.69, 9.17) is 10.4 Å². The number of rotatable bonds is 4. The summed E-state index contributed by atoms with van der Waals surface area (Å²) in [5.41, 5.74) is -0.256. The van der Waals surface area contributed by atoms with Gasteiger partial charge in [-0.1, -0.05) is 6.07 Å². The highest BCUT2D eigenvalue weighted by Crippen LogP contribution is 2.22. The van der Waals surface area contributed by atoms with Crippen LogP contribution in [0.3, 0.4) is 0 Å². The number of ether oxygens (including phenoxy) is 1. The molecule has 0 saturated heterocycles. The molecule has 19 heavy (non-hydrogen) atoms. The molecule has 1 rings (SSSR count). The molecule has 1 unspecified atom stereocenters. The lowest BCUT2D eigenvalue weighted by atomic mass is 10.0. The topological polar surface area (TPSA) is 110 Å². The maximum absolute atomic E-state index is 13.7. The van der Waals surface area contributed by atoms with Crippen LogP contribution in [-0.2, 0) is 19.6 Å². The molecule has 0 saturated carbocycles. The molecule has 0 aliphatic rings. The fourth-order valence-corrected chi connectivity index (χ4v) is 1.92. The summed E-state index contributed by atoms with van der Waals surface area (Å²) in [6.07, 6.45) is 0. The Morgan fingerprint density at radius 1 is 1.58 bits per heavy atom. The summed E-state index contributed by atoms with van der Waals surface area (Å²) in [6, 6.07) is 4.32. The number of primary sulfonamides is 1. The first-order chi connectivity index (χ1) is 8.81. The van der Waals surface area contributed by atoms with Crippen LogP contribution in [-0.4, -0.2) is 21.0 Å². The van der Waals surface area contributed by atoms with E-state index in [0.29, 0.717) is 6.07 Å². The molecule has 1 aromatic carbocycles. The largest absolute Gasteiger partial charge is 0.465 e. The molecule has 0 radical (unpaired) electrons. The molecule has 0 spiro atoms. The van der Waals surface area contributed by atoms with E-state index in [1.807, 2.05) is 0 Å². The second-order valence-electron chi connectivity index (χ2n) is 3.54. The minimum absolute atomic E-state index is 0.0495. The van der Waals surface area contributed by atoms with Gasteiger partial charge in [0.05, 0.1) is 17.6 Å². The Bertz CT molecular complexity index is 637. The van der Waals surface area contributed by atoms with E-state index >= 15 is 0 Å². The summed E-state index contributed by atoms with van der Waals surface area (Å²) >= 11 is 0. The number of hydrogen-bond donors (Lipinski definition) is 1. The van der Waals surface area contributed by atoms with Crippen molar-refractivity contribution in [2.45, 2.75) is 17.7 Å². The molecule has 2 N–H and O–H groups in total. The van der Waals surface area contributed by atoms with Crippen LogP contribution in [0.15, 0.2) is 23.1 Å². The van der Waals surface area contributed by atoms with E-state index in [9.17, 15) is 17.6 Å². The third-order valence-corrected chi connectivity index (χ3v) is 3.17. The lowest BCUT2D eigenvalue weighted by Gasteiger charge is -2.10. The number of nitriles is 1. The fourth-order valence-electron chi connectivity index (χ4n) is 1.39. The summed E-state index contributed by atoms with van der Waals surface area (Å²) in [4.78, 5) is 11.0. The molecule has 8 heteroatoms. The molecule has 1 atom stereocenters. The van der Waals surface area contributed by atoms with Crippen LogP contribution in [0.4, 0.5) is 4.39 Å². The second-order valence-corrected chi connectivity index (χ2v) is 5.10. The van der Waals surface area contributed by atoms with Crippen LogP contribution in [0.2, 0.25) is 0 Å². The van der Waals surface area contributed by atoms with Gasteiger partial charge in [-0.15, -0.1) is 0 Å². The molecule has 0 aliphatic carbocycles. The predicted molar refractivity (Wildman–Crippen MR) is 62.8 cm³/mol. The molecule has 0 aromatic heterocycles.